The molecule has 0 aliphatic heterocycles. The molecule has 0 aliphatic rings. The second-order valence-corrected chi connectivity index (χ2v) is 6.43. The van der Waals surface area contributed by atoms with Gasteiger partial charge in [-0.15, -0.1) is 0 Å². The molecule has 0 bridgehead atoms. The Balaban J connectivity index is 1.86. The topological polar surface area (TPSA) is 34.9 Å². The van der Waals surface area contributed by atoms with Crippen molar-refractivity contribution in [1.82, 2.24) is 9.78 Å². The van der Waals surface area contributed by atoms with Crippen molar-refractivity contribution in [3.63, 3.8) is 0 Å². The van der Waals surface area contributed by atoms with E-state index in [4.69, 9.17) is 0 Å². The molecule has 0 aliphatic carbocycles. The fourth-order valence-corrected chi connectivity index (χ4v) is 3.10. The zero-order valence-corrected chi connectivity index (χ0v) is 15.1. The minimum atomic E-state index is -4.41. The lowest BCUT2D eigenvalue weighted by atomic mass is 10.1. The van der Waals surface area contributed by atoms with Gasteiger partial charge in [-0.2, -0.15) is 18.3 Å². The second kappa shape index (κ2) is 7.39. The predicted octanol–water partition coefficient (Wildman–Crippen LogP) is 5.57. The third-order valence-electron chi connectivity index (χ3n) is 4.45. The molecule has 4 rings (SSSR count). The number of fused-ring (bicyclic) bond motifs is 1. The quantitative estimate of drug-likeness (QED) is 0.457. The van der Waals surface area contributed by atoms with Gasteiger partial charge in [-0.3, -0.25) is 4.79 Å². The molecule has 0 radical (unpaired) electrons. The normalized spacial score (nSPS) is 12.0. The molecule has 0 unspecified atom stereocenters. The Morgan fingerprint density at radius 1 is 0.828 bits per heavy atom. The molecule has 0 N–H and O–H groups in total. The minimum absolute atomic E-state index is 0.194. The van der Waals surface area contributed by atoms with Crippen molar-refractivity contribution in [2.45, 2.75) is 6.18 Å². The van der Waals surface area contributed by atoms with E-state index in [1.165, 1.54) is 12.1 Å². The molecule has 6 heteroatoms. The van der Waals surface area contributed by atoms with Crippen LogP contribution in [0.3, 0.4) is 0 Å². The summed E-state index contributed by atoms with van der Waals surface area (Å²) in [5, 5.41) is 5.16. The summed E-state index contributed by atoms with van der Waals surface area (Å²) in [4.78, 5) is 12.6. The van der Waals surface area contributed by atoms with E-state index in [1.807, 2.05) is 30.3 Å². The highest BCUT2D eigenvalue weighted by Crippen LogP contribution is 2.30. The van der Waals surface area contributed by atoms with E-state index in [9.17, 15) is 18.0 Å². The molecule has 4 aromatic rings. The number of hydrogen-bond acceptors (Lipinski definition) is 2. The zero-order valence-electron chi connectivity index (χ0n) is 15.1. The van der Waals surface area contributed by atoms with Crippen molar-refractivity contribution in [1.29, 1.82) is 0 Å². The average Bonchev–Trinajstić information content (AvgIpc) is 2.97. The van der Waals surface area contributed by atoms with Crippen LogP contribution in [0.2, 0.25) is 0 Å². The van der Waals surface area contributed by atoms with E-state index in [0.717, 1.165) is 17.8 Å². The summed E-state index contributed by atoms with van der Waals surface area (Å²) in [6, 6.07) is 20.9. The maximum atomic E-state index is 12.9. The number of aromatic nitrogens is 2. The van der Waals surface area contributed by atoms with E-state index < -0.39 is 11.7 Å². The van der Waals surface area contributed by atoms with Crippen LogP contribution in [0, 0.1) is 0 Å². The van der Waals surface area contributed by atoms with Gasteiger partial charge in [0.15, 0.2) is 0 Å². The number of nitrogens with zero attached hydrogens (tertiary/aromatic N) is 2. The van der Waals surface area contributed by atoms with Crippen molar-refractivity contribution in [3.8, 4) is 5.69 Å². The lowest BCUT2D eigenvalue weighted by Gasteiger charge is -2.06. The number of para-hydroxylation sites is 1. The molecule has 1 aromatic heterocycles. The summed E-state index contributed by atoms with van der Waals surface area (Å²) in [6.07, 6.45) is -1.23. The molecule has 0 amide bonds. The Hall–Kier alpha value is -3.67. The van der Waals surface area contributed by atoms with Crippen LogP contribution in [0.4, 0.5) is 13.2 Å². The van der Waals surface area contributed by atoms with E-state index >= 15 is 0 Å². The molecule has 0 saturated heterocycles. The lowest BCUT2D eigenvalue weighted by molar-refractivity contribution is -0.137. The third kappa shape index (κ3) is 3.82. The smallest absolute Gasteiger partial charge is 0.288 e. The third-order valence-corrected chi connectivity index (χ3v) is 4.45. The Kier molecular flexibility index (Phi) is 4.76. The second-order valence-electron chi connectivity index (χ2n) is 6.43. The van der Waals surface area contributed by atoms with E-state index in [2.05, 4.69) is 5.10 Å². The highest BCUT2D eigenvalue weighted by molar-refractivity contribution is 5.90. The molecule has 0 atom stereocenters. The highest BCUT2D eigenvalue weighted by atomic mass is 19.4. The van der Waals surface area contributed by atoms with Crippen molar-refractivity contribution in [3.05, 3.63) is 106 Å². The molecule has 3 nitrogen and oxygen atoms in total. The van der Waals surface area contributed by atoms with Gasteiger partial charge in [-0.25, -0.2) is 4.68 Å². The molecule has 1 heterocycles. The first kappa shape index (κ1) is 18.7. The monoisotopic (exact) mass is 392 g/mol. The predicted molar refractivity (Wildman–Crippen MR) is 108 cm³/mol. The van der Waals surface area contributed by atoms with Gasteiger partial charge in [-0.1, -0.05) is 54.6 Å². The van der Waals surface area contributed by atoms with Crippen LogP contribution in [0.1, 0.15) is 16.8 Å². The summed E-state index contributed by atoms with van der Waals surface area (Å²) < 4.78 is 40.4. The molecule has 3 aromatic carbocycles. The average molecular weight is 392 g/mol. The molecule has 0 spiro atoms. The molecule has 29 heavy (non-hydrogen) atoms. The molecular weight excluding hydrogens is 377 g/mol. The summed E-state index contributed by atoms with van der Waals surface area (Å²) >= 11 is 0. The molecule has 0 saturated carbocycles. The number of hydrogen-bond donors (Lipinski definition) is 0. The number of alkyl halides is 3. The SMILES string of the molecule is O=c1ccccc2c(/C=C\c3cccc(C(F)(F)F)c3)nn(-c3ccccc3)c12. The van der Waals surface area contributed by atoms with Crippen molar-refractivity contribution >= 4 is 23.1 Å². The van der Waals surface area contributed by atoms with Gasteiger partial charge in [0.05, 0.1) is 16.9 Å². The number of benzene rings is 2. The summed E-state index contributed by atoms with van der Waals surface area (Å²) in [5.41, 5.74) is 1.11. The first-order chi connectivity index (χ1) is 13.9. The Morgan fingerprint density at radius 2 is 1.55 bits per heavy atom. The van der Waals surface area contributed by atoms with Crippen LogP contribution in [0.5, 0.6) is 0 Å². The largest absolute Gasteiger partial charge is 0.416 e. The maximum absolute atomic E-state index is 12.9. The van der Waals surface area contributed by atoms with Gasteiger partial charge in [0.1, 0.15) is 5.52 Å². The van der Waals surface area contributed by atoms with Crippen molar-refractivity contribution < 1.29 is 13.2 Å². The molecule has 0 fully saturated rings. The van der Waals surface area contributed by atoms with Crippen molar-refractivity contribution in [2.24, 2.45) is 0 Å². The van der Waals surface area contributed by atoms with Gasteiger partial charge in [0.25, 0.3) is 0 Å². The van der Waals surface area contributed by atoms with Gasteiger partial charge in [-0.05, 0) is 42.0 Å². The first-order valence-corrected chi connectivity index (χ1v) is 8.86. The van der Waals surface area contributed by atoms with Crippen LogP contribution in [-0.4, -0.2) is 9.78 Å². The Labute approximate surface area is 164 Å². The number of halogens is 3. The fourth-order valence-electron chi connectivity index (χ4n) is 3.10. The summed E-state index contributed by atoms with van der Waals surface area (Å²) in [6.45, 7) is 0. The van der Waals surface area contributed by atoms with E-state index in [0.29, 0.717) is 22.2 Å². The van der Waals surface area contributed by atoms with Crippen LogP contribution in [0.15, 0.2) is 83.7 Å². The van der Waals surface area contributed by atoms with Gasteiger partial charge in [0, 0.05) is 5.39 Å². The summed E-state index contributed by atoms with van der Waals surface area (Å²) in [5.74, 6) is 0. The lowest BCUT2D eigenvalue weighted by Crippen LogP contribution is -2.04. The minimum Gasteiger partial charge on any atom is -0.288 e. The van der Waals surface area contributed by atoms with Gasteiger partial charge in [0.2, 0.25) is 5.43 Å². The Bertz CT molecular complexity index is 1260. The summed E-state index contributed by atoms with van der Waals surface area (Å²) in [7, 11) is 0. The van der Waals surface area contributed by atoms with Gasteiger partial charge < -0.3 is 0 Å². The molecule has 144 valence electrons. The van der Waals surface area contributed by atoms with Crippen LogP contribution < -0.4 is 5.43 Å². The number of rotatable bonds is 3. The first-order valence-electron chi connectivity index (χ1n) is 8.86. The maximum Gasteiger partial charge on any atom is 0.416 e. The highest BCUT2D eigenvalue weighted by Gasteiger charge is 2.30. The molecular formula is C23H15F3N2O. The van der Waals surface area contributed by atoms with E-state index in [-0.39, 0.29) is 5.43 Å². The Morgan fingerprint density at radius 3 is 2.31 bits per heavy atom. The van der Waals surface area contributed by atoms with Crippen LogP contribution in [0.25, 0.3) is 28.7 Å². The van der Waals surface area contributed by atoms with Crippen molar-refractivity contribution in [2.75, 3.05) is 0 Å². The van der Waals surface area contributed by atoms with E-state index in [1.54, 1.807) is 41.1 Å². The zero-order chi connectivity index (χ0) is 20.4. The van der Waals surface area contributed by atoms with Crippen LogP contribution >= 0.6 is 0 Å². The van der Waals surface area contributed by atoms with Crippen LogP contribution in [-0.2, 0) is 6.18 Å². The van der Waals surface area contributed by atoms with Gasteiger partial charge >= 0.3 is 6.18 Å². The fraction of sp³-hybridized carbons (Fsp3) is 0.0435. The standard InChI is InChI=1S/C23H15F3N2O/c24-23(25,26)17-8-6-7-16(15-17)13-14-20-19-11-4-5-12-21(29)22(19)28(27-20)18-9-2-1-3-10-18/h1-15H/b14-13-.